The number of ether oxygens (including phenoxy) is 2. The number of carbonyl (C=O) groups excluding carboxylic acids is 1. The molecule has 1 rings (SSSR count). The third kappa shape index (κ3) is 4.01. The molecule has 6 nitrogen and oxygen atoms in total. The second kappa shape index (κ2) is 5.64. The van der Waals surface area contributed by atoms with Crippen molar-refractivity contribution in [2.45, 2.75) is 11.0 Å². The fourth-order valence-corrected chi connectivity index (χ4v) is 1.10. The number of hydrogen-bond acceptors (Lipinski definition) is 5. The minimum atomic E-state index is -0.837. The molecule has 0 saturated heterocycles. The molecule has 0 spiro atoms. The van der Waals surface area contributed by atoms with Crippen molar-refractivity contribution >= 4 is 34.4 Å². The van der Waals surface area contributed by atoms with E-state index in [-0.39, 0.29) is 15.5 Å². The van der Waals surface area contributed by atoms with E-state index in [1.807, 2.05) is 22.6 Å². The highest BCUT2D eigenvalue weighted by Gasteiger charge is 2.10. The number of halogens is 1. The molecule has 16 heavy (non-hydrogen) atoms. The number of carbonyl (C=O) groups is 1. The zero-order chi connectivity index (χ0) is 12.1. The highest BCUT2D eigenvalue weighted by atomic mass is 127. The normalized spacial score (nSPS) is 11.6. The van der Waals surface area contributed by atoms with Crippen molar-refractivity contribution in [2.75, 3.05) is 0 Å². The Balaban J connectivity index is 2.62. The van der Waals surface area contributed by atoms with E-state index in [4.69, 9.17) is 9.47 Å². The maximum absolute atomic E-state index is 11.1. The van der Waals surface area contributed by atoms with Crippen LogP contribution in [0.4, 0.5) is 10.5 Å². The lowest BCUT2D eigenvalue weighted by atomic mass is 10.3. The van der Waals surface area contributed by atoms with Crippen molar-refractivity contribution in [3.63, 3.8) is 0 Å². The van der Waals surface area contributed by atoms with E-state index in [0.29, 0.717) is 0 Å². The smallest absolute Gasteiger partial charge is 0.420 e. The molecule has 0 aliphatic rings. The number of nitro groups is 1. The zero-order valence-electron chi connectivity index (χ0n) is 8.25. The van der Waals surface area contributed by atoms with Gasteiger partial charge in [0.1, 0.15) is 5.75 Å². The van der Waals surface area contributed by atoms with Crippen molar-refractivity contribution in [2.24, 2.45) is 0 Å². The standard InChI is InChI=1S/C9H8INO5/c1-6(10)15-9(12)16-8-4-2-7(3-5-8)11(13)14/h2-6H,1H3. The van der Waals surface area contributed by atoms with Crippen LogP contribution in [0.3, 0.4) is 0 Å². The van der Waals surface area contributed by atoms with Gasteiger partial charge in [0.2, 0.25) is 0 Å². The summed E-state index contributed by atoms with van der Waals surface area (Å²) in [6.45, 7) is 1.68. The van der Waals surface area contributed by atoms with E-state index in [1.54, 1.807) is 6.92 Å². The van der Waals surface area contributed by atoms with Gasteiger partial charge in [0.15, 0.2) is 4.11 Å². The summed E-state index contributed by atoms with van der Waals surface area (Å²) in [5.41, 5.74) is -0.0667. The number of nitrogens with zero attached hydrogens (tertiary/aromatic N) is 1. The van der Waals surface area contributed by atoms with Crippen molar-refractivity contribution in [3.05, 3.63) is 34.4 Å². The molecule has 0 heterocycles. The lowest BCUT2D eigenvalue weighted by molar-refractivity contribution is -0.384. The molecule has 0 aromatic heterocycles. The van der Waals surface area contributed by atoms with Crippen LogP contribution < -0.4 is 4.74 Å². The predicted molar refractivity (Wildman–Crippen MR) is 63.7 cm³/mol. The van der Waals surface area contributed by atoms with E-state index in [0.717, 1.165) is 0 Å². The number of hydrogen-bond donors (Lipinski definition) is 0. The minimum Gasteiger partial charge on any atom is -0.420 e. The summed E-state index contributed by atoms with van der Waals surface area (Å²) in [4.78, 5) is 20.9. The first-order valence-corrected chi connectivity index (χ1v) is 5.50. The second-order valence-electron chi connectivity index (χ2n) is 2.76. The summed E-state index contributed by atoms with van der Waals surface area (Å²) in [5, 5.41) is 10.4. The Kier molecular flexibility index (Phi) is 4.47. The van der Waals surface area contributed by atoms with Gasteiger partial charge in [-0.25, -0.2) is 4.79 Å². The molecule has 0 aliphatic carbocycles. The largest absolute Gasteiger partial charge is 0.514 e. The van der Waals surface area contributed by atoms with Crippen molar-refractivity contribution < 1.29 is 19.2 Å². The van der Waals surface area contributed by atoms with Crippen LogP contribution in [-0.4, -0.2) is 15.2 Å². The molecule has 1 atom stereocenters. The van der Waals surface area contributed by atoms with Gasteiger partial charge in [-0.1, -0.05) is 0 Å². The fraction of sp³-hybridized carbons (Fsp3) is 0.222. The third-order valence-corrected chi connectivity index (χ3v) is 1.76. The van der Waals surface area contributed by atoms with Gasteiger partial charge in [-0.05, 0) is 41.6 Å². The molecule has 0 radical (unpaired) electrons. The molecule has 0 fully saturated rings. The van der Waals surface area contributed by atoms with Gasteiger partial charge in [0.05, 0.1) is 4.92 Å². The molecule has 0 bridgehead atoms. The van der Waals surface area contributed by atoms with E-state index < -0.39 is 11.1 Å². The molecule has 0 saturated carbocycles. The lowest BCUT2D eigenvalue weighted by Crippen LogP contribution is -2.13. The van der Waals surface area contributed by atoms with Crippen molar-refractivity contribution in [1.29, 1.82) is 0 Å². The molecule has 86 valence electrons. The van der Waals surface area contributed by atoms with Gasteiger partial charge in [-0.2, -0.15) is 0 Å². The van der Waals surface area contributed by atoms with Crippen LogP contribution in [0.25, 0.3) is 0 Å². The van der Waals surface area contributed by atoms with Crippen molar-refractivity contribution in [3.8, 4) is 5.75 Å². The van der Waals surface area contributed by atoms with Crippen LogP contribution in [0.15, 0.2) is 24.3 Å². The van der Waals surface area contributed by atoms with Crippen LogP contribution in [0.5, 0.6) is 5.75 Å². The maximum atomic E-state index is 11.1. The first-order valence-electron chi connectivity index (χ1n) is 4.26. The lowest BCUT2D eigenvalue weighted by Gasteiger charge is -2.06. The summed E-state index contributed by atoms with van der Waals surface area (Å²) >= 11 is 1.90. The highest BCUT2D eigenvalue weighted by molar-refractivity contribution is 14.1. The number of benzene rings is 1. The van der Waals surface area contributed by atoms with E-state index in [1.165, 1.54) is 24.3 Å². The van der Waals surface area contributed by atoms with Crippen LogP contribution >= 0.6 is 22.6 Å². The van der Waals surface area contributed by atoms with Crippen molar-refractivity contribution in [1.82, 2.24) is 0 Å². The molecular weight excluding hydrogens is 329 g/mol. The highest BCUT2D eigenvalue weighted by Crippen LogP contribution is 2.18. The molecule has 0 aliphatic heterocycles. The third-order valence-electron chi connectivity index (χ3n) is 1.51. The topological polar surface area (TPSA) is 78.7 Å². The average molecular weight is 337 g/mol. The van der Waals surface area contributed by atoms with Crippen LogP contribution in [0.1, 0.15) is 6.92 Å². The predicted octanol–water partition coefficient (Wildman–Crippen LogP) is 2.89. The van der Waals surface area contributed by atoms with Gasteiger partial charge < -0.3 is 9.47 Å². The number of non-ortho nitro benzene ring substituents is 1. The fourth-order valence-electron chi connectivity index (χ4n) is 0.889. The first-order chi connectivity index (χ1) is 7.49. The first kappa shape index (κ1) is 12.7. The Morgan fingerprint density at radius 2 is 2.00 bits per heavy atom. The summed E-state index contributed by atoms with van der Waals surface area (Å²) in [5.74, 6) is 0.202. The quantitative estimate of drug-likeness (QED) is 0.212. The molecule has 0 amide bonds. The molecule has 1 unspecified atom stereocenters. The maximum Gasteiger partial charge on any atom is 0.514 e. The molecule has 7 heteroatoms. The number of alkyl halides is 1. The van der Waals surface area contributed by atoms with Gasteiger partial charge >= 0.3 is 6.16 Å². The average Bonchev–Trinajstić information content (AvgIpc) is 2.16. The van der Waals surface area contributed by atoms with Gasteiger partial charge in [0, 0.05) is 12.1 Å². The van der Waals surface area contributed by atoms with Crippen LogP contribution in [0.2, 0.25) is 0 Å². The monoisotopic (exact) mass is 337 g/mol. The zero-order valence-corrected chi connectivity index (χ0v) is 10.4. The molecule has 0 N–H and O–H groups in total. The Hall–Kier alpha value is -1.38. The van der Waals surface area contributed by atoms with Gasteiger partial charge in [-0.3, -0.25) is 10.1 Å². The molecule has 1 aromatic carbocycles. The van der Waals surface area contributed by atoms with Gasteiger partial charge in [0.25, 0.3) is 5.69 Å². The Bertz CT molecular complexity index is 389. The van der Waals surface area contributed by atoms with Crippen LogP contribution in [-0.2, 0) is 4.74 Å². The van der Waals surface area contributed by atoms with E-state index in [9.17, 15) is 14.9 Å². The molecule has 1 aromatic rings. The van der Waals surface area contributed by atoms with Crippen LogP contribution in [0, 0.1) is 10.1 Å². The SMILES string of the molecule is CC(I)OC(=O)Oc1ccc([N+](=O)[O-])cc1. The van der Waals surface area contributed by atoms with E-state index in [2.05, 4.69) is 0 Å². The Morgan fingerprint density at radius 1 is 1.44 bits per heavy atom. The summed E-state index contributed by atoms with van der Waals surface area (Å²) in [6.07, 6.45) is -0.837. The second-order valence-corrected chi connectivity index (χ2v) is 4.52. The molecular formula is C9H8INO5. The van der Waals surface area contributed by atoms with Gasteiger partial charge in [-0.15, -0.1) is 0 Å². The summed E-state index contributed by atoms with van der Waals surface area (Å²) < 4.78 is 9.19. The number of nitro benzene ring substituents is 1. The minimum absolute atomic E-state index is 0.0667. The number of rotatable bonds is 3. The summed E-state index contributed by atoms with van der Waals surface area (Å²) in [7, 11) is 0. The Morgan fingerprint density at radius 3 is 2.44 bits per heavy atom. The van der Waals surface area contributed by atoms with E-state index >= 15 is 0 Å². The summed E-state index contributed by atoms with van der Waals surface area (Å²) in [6, 6.07) is 5.15. The Labute approximate surface area is 105 Å².